The molecular formula is C29H25ClF6N4O4. The number of aliphatic hydroxyl groups is 1. The molecule has 0 saturated heterocycles. The van der Waals surface area contributed by atoms with Crippen molar-refractivity contribution in [1.82, 2.24) is 20.1 Å². The Morgan fingerprint density at radius 2 is 1.93 bits per heavy atom. The smallest absolute Gasteiger partial charge is 0.424 e. The summed E-state index contributed by atoms with van der Waals surface area (Å²) in [4.78, 5) is 17.0. The van der Waals surface area contributed by atoms with Crippen molar-refractivity contribution in [3.8, 4) is 22.8 Å². The number of aromatic nitrogens is 3. The zero-order chi connectivity index (χ0) is 32.0. The molecule has 8 nitrogen and oxygen atoms in total. The molecule has 2 aromatic carbocycles. The molecular weight excluding hydrogens is 618 g/mol. The van der Waals surface area contributed by atoms with E-state index in [0.29, 0.717) is 10.9 Å². The summed E-state index contributed by atoms with van der Waals surface area (Å²) in [7, 11) is 1.36. The van der Waals surface area contributed by atoms with Crippen LogP contribution in [0.5, 0.6) is 11.5 Å². The first-order valence-electron chi connectivity index (χ1n) is 13.2. The van der Waals surface area contributed by atoms with Crippen LogP contribution >= 0.6 is 11.6 Å². The maximum atomic E-state index is 14.5. The first kappa shape index (κ1) is 31.4. The summed E-state index contributed by atoms with van der Waals surface area (Å²) in [5.74, 6) is -1.89. The summed E-state index contributed by atoms with van der Waals surface area (Å²) in [6.45, 7) is -1.22. The third-order valence-corrected chi connectivity index (χ3v) is 7.39. The molecule has 1 aliphatic rings. The first-order valence-corrected chi connectivity index (χ1v) is 13.6. The largest absolute Gasteiger partial charge is 0.494 e. The molecule has 0 aliphatic heterocycles. The molecule has 1 amide bonds. The molecule has 1 saturated carbocycles. The van der Waals surface area contributed by atoms with Gasteiger partial charge in [0.1, 0.15) is 35.1 Å². The Morgan fingerprint density at radius 3 is 2.55 bits per heavy atom. The molecule has 1 atom stereocenters. The summed E-state index contributed by atoms with van der Waals surface area (Å²) in [5.41, 5.74) is -4.85. The number of hydrogen-bond donors (Lipinski definition) is 2. The van der Waals surface area contributed by atoms with Crippen LogP contribution in [0.1, 0.15) is 40.5 Å². The van der Waals surface area contributed by atoms with Gasteiger partial charge in [0.15, 0.2) is 0 Å². The van der Waals surface area contributed by atoms with Gasteiger partial charge in [-0.05, 0) is 61.7 Å². The number of pyridine rings is 1. The van der Waals surface area contributed by atoms with Crippen molar-refractivity contribution in [2.75, 3.05) is 20.3 Å². The van der Waals surface area contributed by atoms with E-state index in [9.17, 15) is 36.2 Å². The highest BCUT2D eigenvalue weighted by Gasteiger charge is 2.56. The SMILES string of the molecule is COc1cc(C(=O)NC[C@](O)(c2cc(C)c(OCC(F)F)c(-c3ccc(F)c(Cl)c3)n2)C(F)(F)F)cc2cn(C3CC3)nc12. The Kier molecular flexibility index (Phi) is 8.42. The van der Waals surface area contributed by atoms with Crippen molar-refractivity contribution in [3.63, 3.8) is 0 Å². The van der Waals surface area contributed by atoms with Crippen molar-refractivity contribution in [2.24, 2.45) is 0 Å². The Hall–Kier alpha value is -4.04. The second-order valence-electron chi connectivity index (χ2n) is 10.3. The summed E-state index contributed by atoms with van der Waals surface area (Å²) in [6.07, 6.45) is -4.70. The number of nitrogens with zero attached hydrogens (tertiary/aromatic N) is 3. The second kappa shape index (κ2) is 11.8. The van der Waals surface area contributed by atoms with E-state index in [1.165, 1.54) is 26.2 Å². The minimum absolute atomic E-state index is 0.0456. The van der Waals surface area contributed by atoms with E-state index in [0.717, 1.165) is 37.1 Å². The van der Waals surface area contributed by atoms with E-state index in [-0.39, 0.29) is 34.2 Å². The number of methoxy groups -OCH3 is 1. The molecule has 0 spiro atoms. The Labute approximate surface area is 251 Å². The van der Waals surface area contributed by atoms with Crippen LogP contribution in [0.15, 0.2) is 42.6 Å². The van der Waals surface area contributed by atoms with E-state index in [1.54, 1.807) is 10.9 Å². The zero-order valence-corrected chi connectivity index (χ0v) is 23.9. The Bertz CT molecular complexity index is 1730. The number of halogens is 7. The lowest BCUT2D eigenvalue weighted by Gasteiger charge is -2.31. The molecule has 0 bridgehead atoms. The Balaban J connectivity index is 1.51. The number of carbonyl (C=O) groups excluding carboxylic acids is 1. The van der Waals surface area contributed by atoms with Gasteiger partial charge in [-0.3, -0.25) is 9.48 Å². The van der Waals surface area contributed by atoms with Gasteiger partial charge in [0, 0.05) is 22.7 Å². The molecule has 5 rings (SSSR count). The average molecular weight is 643 g/mol. The van der Waals surface area contributed by atoms with Crippen molar-refractivity contribution in [1.29, 1.82) is 0 Å². The summed E-state index contributed by atoms with van der Waals surface area (Å²) in [6, 6.07) is 6.86. The predicted molar refractivity (Wildman–Crippen MR) is 148 cm³/mol. The van der Waals surface area contributed by atoms with Gasteiger partial charge in [0.05, 0.1) is 30.4 Å². The van der Waals surface area contributed by atoms with Crippen LogP contribution in [0.4, 0.5) is 26.3 Å². The van der Waals surface area contributed by atoms with Crippen LogP contribution < -0.4 is 14.8 Å². The van der Waals surface area contributed by atoms with Gasteiger partial charge < -0.3 is 19.9 Å². The van der Waals surface area contributed by atoms with Crippen molar-refractivity contribution < 1.29 is 45.7 Å². The van der Waals surface area contributed by atoms with E-state index < -0.39 is 59.5 Å². The van der Waals surface area contributed by atoms with E-state index in [4.69, 9.17) is 21.1 Å². The minimum atomic E-state index is -5.38. The van der Waals surface area contributed by atoms with E-state index >= 15 is 0 Å². The normalized spacial score (nSPS) is 15.0. The van der Waals surface area contributed by atoms with Gasteiger partial charge in [-0.15, -0.1) is 0 Å². The maximum Gasteiger partial charge on any atom is 0.424 e. The molecule has 0 unspecified atom stereocenters. The topological polar surface area (TPSA) is 98.5 Å². The van der Waals surface area contributed by atoms with E-state index in [1.807, 2.05) is 0 Å². The third-order valence-electron chi connectivity index (χ3n) is 7.10. The molecule has 2 N–H and O–H groups in total. The highest BCUT2D eigenvalue weighted by Crippen LogP contribution is 2.42. The lowest BCUT2D eigenvalue weighted by molar-refractivity contribution is -0.265. The van der Waals surface area contributed by atoms with Crippen molar-refractivity contribution in [3.05, 3.63) is 70.3 Å². The quantitative estimate of drug-likeness (QED) is 0.195. The van der Waals surface area contributed by atoms with Crippen LogP contribution in [-0.4, -0.2) is 58.6 Å². The molecule has 1 aliphatic carbocycles. The summed E-state index contributed by atoms with van der Waals surface area (Å²) >= 11 is 5.85. The fourth-order valence-electron chi connectivity index (χ4n) is 4.62. The number of aryl methyl sites for hydroxylation is 1. The second-order valence-corrected chi connectivity index (χ2v) is 10.7. The van der Waals surface area contributed by atoms with Crippen LogP contribution in [-0.2, 0) is 5.60 Å². The van der Waals surface area contributed by atoms with Crippen LogP contribution in [0.3, 0.4) is 0 Å². The van der Waals surface area contributed by atoms with Gasteiger partial charge in [0.2, 0.25) is 5.60 Å². The highest BCUT2D eigenvalue weighted by atomic mass is 35.5. The molecule has 2 heterocycles. The number of rotatable bonds is 10. The predicted octanol–water partition coefficient (Wildman–Crippen LogP) is 6.37. The van der Waals surface area contributed by atoms with Crippen LogP contribution in [0, 0.1) is 12.7 Å². The maximum absolute atomic E-state index is 14.5. The van der Waals surface area contributed by atoms with Gasteiger partial charge in [-0.25, -0.2) is 18.2 Å². The fraction of sp³-hybridized carbons (Fsp3) is 0.345. The standard InChI is InChI=1S/C29H25ClF6N4O4/c1-14-7-22(38-25(26(14)44-12-23(32)33)15-3-6-20(31)19(30)9-15)28(42,29(34,35)36)13-37-27(41)16-8-17-11-40(18-4-5-18)39-24(17)21(10-16)43-2/h3,6-11,18,23,42H,4-5,12-13H2,1-2H3,(H,37,41)/t28-/m0/s1. The number of alkyl halides is 5. The van der Waals surface area contributed by atoms with Crippen LogP contribution in [0.25, 0.3) is 22.2 Å². The zero-order valence-electron chi connectivity index (χ0n) is 23.2. The number of benzene rings is 2. The lowest BCUT2D eigenvalue weighted by atomic mass is 9.95. The minimum Gasteiger partial charge on any atom is -0.494 e. The van der Waals surface area contributed by atoms with Gasteiger partial charge >= 0.3 is 6.18 Å². The first-order chi connectivity index (χ1) is 20.7. The molecule has 44 heavy (non-hydrogen) atoms. The highest BCUT2D eigenvalue weighted by molar-refractivity contribution is 6.31. The molecule has 4 aromatic rings. The third kappa shape index (κ3) is 6.13. The summed E-state index contributed by atoms with van der Waals surface area (Å²) < 4.78 is 95.5. The van der Waals surface area contributed by atoms with E-state index in [2.05, 4.69) is 15.4 Å². The molecule has 234 valence electrons. The van der Waals surface area contributed by atoms with Gasteiger partial charge in [-0.2, -0.15) is 18.3 Å². The van der Waals surface area contributed by atoms with Gasteiger partial charge in [-0.1, -0.05) is 11.6 Å². The monoisotopic (exact) mass is 642 g/mol. The number of ether oxygens (including phenoxy) is 2. The number of nitrogens with one attached hydrogen (secondary N) is 1. The average Bonchev–Trinajstić information content (AvgIpc) is 3.73. The Morgan fingerprint density at radius 1 is 1.20 bits per heavy atom. The van der Waals surface area contributed by atoms with Crippen LogP contribution in [0.2, 0.25) is 5.02 Å². The number of fused-ring (bicyclic) bond motifs is 1. The number of hydrogen-bond acceptors (Lipinski definition) is 6. The summed E-state index contributed by atoms with van der Waals surface area (Å²) in [5, 5.41) is 17.8. The molecule has 1 fully saturated rings. The molecule has 0 radical (unpaired) electrons. The van der Waals surface area contributed by atoms with Gasteiger partial charge in [0.25, 0.3) is 12.3 Å². The molecule has 2 aromatic heterocycles. The van der Waals surface area contributed by atoms with Crippen molar-refractivity contribution in [2.45, 2.75) is 44.0 Å². The lowest BCUT2D eigenvalue weighted by Crippen LogP contribution is -2.51. The molecule has 15 heteroatoms. The number of carbonyl (C=O) groups is 1. The van der Waals surface area contributed by atoms with Crippen molar-refractivity contribution >= 4 is 28.4 Å². The fourth-order valence-corrected chi connectivity index (χ4v) is 4.80. The number of amides is 1.